The van der Waals surface area contributed by atoms with Gasteiger partial charge in [-0.15, -0.1) is 0 Å². The number of aliphatic hydroxyl groups is 1. The fourth-order valence-electron chi connectivity index (χ4n) is 2.34. The van der Waals surface area contributed by atoms with Crippen molar-refractivity contribution in [2.75, 3.05) is 19.0 Å². The molecule has 2 aromatic rings. The number of nitrogens with one attached hydrogen (secondary N) is 2. The topological polar surface area (TPSA) is 87.7 Å². The highest BCUT2D eigenvalue weighted by Gasteiger charge is 2.24. The van der Waals surface area contributed by atoms with Gasteiger partial charge in [-0.05, 0) is 36.8 Å². The number of carbonyl (C=O) groups excluding carboxylic acids is 2. The van der Waals surface area contributed by atoms with Crippen molar-refractivity contribution in [1.82, 2.24) is 5.32 Å². The number of rotatable bonds is 6. The molecule has 0 bridgehead atoms. The molecule has 0 aliphatic heterocycles. The largest absolute Gasteiger partial charge is 0.497 e. The van der Waals surface area contributed by atoms with Crippen LogP contribution in [0.3, 0.4) is 0 Å². The van der Waals surface area contributed by atoms with E-state index in [2.05, 4.69) is 10.6 Å². The molecule has 26 heavy (non-hydrogen) atoms. The first-order valence-electron chi connectivity index (χ1n) is 8.00. The quantitative estimate of drug-likeness (QED) is 0.675. The van der Waals surface area contributed by atoms with Gasteiger partial charge in [-0.2, -0.15) is 0 Å². The van der Waals surface area contributed by atoms with E-state index >= 15 is 0 Å². The van der Waals surface area contributed by atoms with Gasteiger partial charge in [0.1, 0.15) is 5.75 Å². The number of hydrogen-bond donors (Lipinski definition) is 3. The van der Waals surface area contributed by atoms with Gasteiger partial charge in [-0.3, -0.25) is 9.59 Å². The van der Waals surface area contributed by atoms with E-state index in [0.717, 1.165) is 11.3 Å². The number of hydrogen-bond acceptors (Lipinski definition) is 4. The molecule has 0 aliphatic rings. The fraction of sp³-hybridized carbons (Fsp3) is 0.263. The van der Waals surface area contributed by atoms with Gasteiger partial charge < -0.3 is 20.5 Å². The highest BCUT2D eigenvalue weighted by atomic mass is 35.5. The molecule has 0 saturated carbocycles. The number of amides is 2. The molecule has 138 valence electrons. The predicted molar refractivity (Wildman–Crippen MR) is 100 cm³/mol. The molecule has 2 aromatic carbocycles. The molecule has 3 N–H and O–H groups in total. The minimum absolute atomic E-state index is 0.0756. The first kappa shape index (κ1) is 19.8. The number of anilines is 1. The summed E-state index contributed by atoms with van der Waals surface area (Å²) >= 11 is 5.94. The highest BCUT2D eigenvalue weighted by Crippen LogP contribution is 2.20. The molecule has 0 heterocycles. The first-order valence-corrected chi connectivity index (χ1v) is 8.37. The smallest absolute Gasteiger partial charge is 0.313 e. The van der Waals surface area contributed by atoms with E-state index in [1.807, 2.05) is 12.1 Å². The van der Waals surface area contributed by atoms with Crippen molar-refractivity contribution in [3.8, 4) is 5.75 Å². The monoisotopic (exact) mass is 376 g/mol. The van der Waals surface area contributed by atoms with E-state index in [1.165, 1.54) is 0 Å². The van der Waals surface area contributed by atoms with E-state index in [-0.39, 0.29) is 6.54 Å². The third-order valence-corrected chi connectivity index (χ3v) is 4.03. The third kappa shape index (κ3) is 5.75. The minimum atomic E-state index is -1.21. The summed E-state index contributed by atoms with van der Waals surface area (Å²) in [5.41, 5.74) is 0.0134. The zero-order valence-electron chi connectivity index (χ0n) is 14.6. The Hall–Kier alpha value is -2.57. The number of methoxy groups -OCH3 is 1. The Morgan fingerprint density at radius 3 is 2.38 bits per heavy atom. The lowest BCUT2D eigenvalue weighted by Crippen LogP contribution is -2.45. The van der Waals surface area contributed by atoms with E-state index in [4.69, 9.17) is 16.3 Å². The van der Waals surface area contributed by atoms with Crippen LogP contribution < -0.4 is 15.4 Å². The zero-order valence-corrected chi connectivity index (χ0v) is 15.3. The second-order valence-corrected chi connectivity index (χ2v) is 6.55. The molecule has 1 unspecified atom stereocenters. The Labute approximate surface area is 157 Å². The normalized spacial score (nSPS) is 12.8. The van der Waals surface area contributed by atoms with Crippen LogP contribution in [0, 0.1) is 0 Å². The van der Waals surface area contributed by atoms with Crippen molar-refractivity contribution >= 4 is 29.1 Å². The molecule has 2 amide bonds. The van der Waals surface area contributed by atoms with Crippen LogP contribution in [0.5, 0.6) is 5.75 Å². The molecular weight excluding hydrogens is 356 g/mol. The van der Waals surface area contributed by atoms with Crippen LogP contribution in [0.15, 0.2) is 48.5 Å². The summed E-state index contributed by atoms with van der Waals surface area (Å²) in [6, 6.07) is 13.9. The molecule has 6 nitrogen and oxygen atoms in total. The average Bonchev–Trinajstić information content (AvgIpc) is 2.62. The number of benzene rings is 2. The predicted octanol–water partition coefficient (Wildman–Crippen LogP) is 2.40. The first-order chi connectivity index (χ1) is 12.3. The Morgan fingerprint density at radius 1 is 1.12 bits per heavy atom. The summed E-state index contributed by atoms with van der Waals surface area (Å²) < 4.78 is 5.09. The summed E-state index contributed by atoms with van der Waals surface area (Å²) in [4.78, 5) is 23.9. The summed E-state index contributed by atoms with van der Waals surface area (Å²) in [6.45, 7) is 1.51. The number of halogens is 1. The molecule has 0 spiro atoms. The number of carbonyl (C=O) groups is 2. The van der Waals surface area contributed by atoms with Gasteiger partial charge >= 0.3 is 11.8 Å². The Balaban J connectivity index is 1.88. The molecule has 2 rings (SSSR count). The highest BCUT2D eigenvalue weighted by molar-refractivity contribution is 6.41. The Bertz CT molecular complexity index is 775. The van der Waals surface area contributed by atoms with Gasteiger partial charge in [-0.25, -0.2) is 0 Å². The van der Waals surface area contributed by atoms with E-state index < -0.39 is 17.4 Å². The maximum atomic E-state index is 11.9. The van der Waals surface area contributed by atoms with Crippen molar-refractivity contribution in [2.24, 2.45) is 0 Å². The van der Waals surface area contributed by atoms with Gasteiger partial charge in [-0.1, -0.05) is 35.9 Å². The summed E-state index contributed by atoms with van der Waals surface area (Å²) in [7, 11) is 1.58. The second-order valence-electron chi connectivity index (χ2n) is 6.14. The van der Waals surface area contributed by atoms with Crippen molar-refractivity contribution in [3.05, 3.63) is 59.1 Å². The van der Waals surface area contributed by atoms with Crippen molar-refractivity contribution in [3.63, 3.8) is 0 Å². The molecule has 7 heteroatoms. The molecular formula is C19H21ClN2O4. The summed E-state index contributed by atoms with van der Waals surface area (Å²) in [6.07, 6.45) is 0.309. The van der Waals surface area contributed by atoms with Crippen molar-refractivity contribution < 1.29 is 19.4 Å². The lowest BCUT2D eigenvalue weighted by molar-refractivity contribution is -0.136. The average molecular weight is 377 g/mol. The van der Waals surface area contributed by atoms with Gasteiger partial charge in [0.2, 0.25) is 0 Å². The maximum Gasteiger partial charge on any atom is 0.313 e. The zero-order chi connectivity index (χ0) is 19.2. The van der Waals surface area contributed by atoms with Crippen LogP contribution in [0.2, 0.25) is 5.02 Å². The van der Waals surface area contributed by atoms with Gasteiger partial charge in [0.15, 0.2) is 0 Å². The number of para-hydroxylation sites is 1. The molecule has 0 aromatic heterocycles. The van der Waals surface area contributed by atoms with E-state index in [1.54, 1.807) is 50.4 Å². The molecule has 0 saturated heterocycles. The lowest BCUT2D eigenvalue weighted by atomic mass is 9.96. The standard InChI is InChI=1S/C19H21ClN2O4/c1-19(25,11-13-7-9-14(26-2)10-8-13)12-21-17(23)18(24)22-16-6-4-3-5-15(16)20/h3-10,25H,11-12H2,1-2H3,(H,21,23)(H,22,24). The fourth-order valence-corrected chi connectivity index (χ4v) is 2.52. The van der Waals surface area contributed by atoms with Crippen LogP contribution in [-0.4, -0.2) is 36.2 Å². The second kappa shape index (κ2) is 8.69. The maximum absolute atomic E-state index is 11.9. The van der Waals surface area contributed by atoms with Crippen LogP contribution in [0.1, 0.15) is 12.5 Å². The molecule has 0 aliphatic carbocycles. The van der Waals surface area contributed by atoms with Gasteiger partial charge in [0, 0.05) is 13.0 Å². The Morgan fingerprint density at radius 2 is 1.77 bits per heavy atom. The molecule has 0 radical (unpaired) electrons. The summed E-state index contributed by atoms with van der Waals surface area (Å²) in [5, 5.41) is 15.7. The van der Waals surface area contributed by atoms with E-state index in [9.17, 15) is 14.7 Å². The van der Waals surface area contributed by atoms with Crippen LogP contribution in [-0.2, 0) is 16.0 Å². The lowest BCUT2D eigenvalue weighted by Gasteiger charge is -2.23. The third-order valence-electron chi connectivity index (χ3n) is 3.70. The SMILES string of the molecule is COc1ccc(CC(C)(O)CNC(=O)C(=O)Nc2ccccc2Cl)cc1. The molecule has 1 atom stereocenters. The van der Waals surface area contributed by atoms with Crippen molar-refractivity contribution in [1.29, 1.82) is 0 Å². The van der Waals surface area contributed by atoms with Crippen LogP contribution in [0.4, 0.5) is 5.69 Å². The van der Waals surface area contributed by atoms with Crippen LogP contribution in [0.25, 0.3) is 0 Å². The number of ether oxygens (including phenoxy) is 1. The molecule has 0 fully saturated rings. The Kier molecular flexibility index (Phi) is 6.60. The van der Waals surface area contributed by atoms with Crippen LogP contribution >= 0.6 is 11.6 Å². The van der Waals surface area contributed by atoms with E-state index in [0.29, 0.717) is 17.1 Å². The van der Waals surface area contributed by atoms with Gasteiger partial charge in [0.25, 0.3) is 0 Å². The van der Waals surface area contributed by atoms with Crippen molar-refractivity contribution in [2.45, 2.75) is 18.9 Å². The van der Waals surface area contributed by atoms with Gasteiger partial charge in [0.05, 0.1) is 23.4 Å². The summed E-state index contributed by atoms with van der Waals surface area (Å²) in [5.74, 6) is -0.976. The minimum Gasteiger partial charge on any atom is -0.497 e.